The van der Waals surface area contributed by atoms with E-state index in [0.717, 1.165) is 44.9 Å². The fraction of sp³-hybridized carbons (Fsp3) is 0.840. The highest BCUT2D eigenvalue weighted by Gasteiger charge is 2.30. The summed E-state index contributed by atoms with van der Waals surface area (Å²) in [5.74, 6) is -0.0678. The van der Waals surface area contributed by atoms with E-state index in [0.29, 0.717) is 44.9 Å². The van der Waals surface area contributed by atoms with Crippen LogP contribution in [0.15, 0.2) is 5.10 Å². The number of nitrogens with zero attached hydrogens (tertiary/aromatic N) is 3. The van der Waals surface area contributed by atoms with Gasteiger partial charge in [-0.2, -0.15) is 0 Å². The molecule has 0 saturated carbocycles. The van der Waals surface area contributed by atoms with Crippen LogP contribution >= 0.6 is 0 Å². The monoisotopic (exact) mass is 542 g/mol. The summed E-state index contributed by atoms with van der Waals surface area (Å²) >= 11 is 0. The number of rotatable bonds is 15. The molecule has 1 fully saturated rings. The second-order valence-electron chi connectivity index (χ2n) is 10.5. The number of amides is 2. The number of hydrazone groups is 1. The van der Waals surface area contributed by atoms with E-state index in [2.05, 4.69) is 15.7 Å². The fourth-order valence-electron chi connectivity index (χ4n) is 4.30. The van der Waals surface area contributed by atoms with Crippen LogP contribution in [-0.4, -0.2) is 71.7 Å². The lowest BCUT2D eigenvalue weighted by atomic mass is 9.90. The number of nitro groups is 1. The lowest BCUT2D eigenvalue weighted by molar-refractivity contribution is -0.485. The summed E-state index contributed by atoms with van der Waals surface area (Å²) in [5, 5.41) is 17.8. The van der Waals surface area contributed by atoms with Crippen LogP contribution in [0.4, 0.5) is 4.79 Å². The highest BCUT2D eigenvalue weighted by Crippen LogP contribution is 2.24. The topological polar surface area (TPSA) is 178 Å². The van der Waals surface area contributed by atoms with Crippen LogP contribution in [0.3, 0.4) is 0 Å². The molecule has 1 aliphatic rings. The maximum absolute atomic E-state index is 13.3. The van der Waals surface area contributed by atoms with E-state index in [-0.39, 0.29) is 24.4 Å². The highest BCUT2D eigenvalue weighted by atomic mass is 16.7. The Hall–Kier alpha value is -3.12. The Balaban J connectivity index is 2.50. The number of carbonyl (C=O) groups is 3. The summed E-state index contributed by atoms with van der Waals surface area (Å²) in [5.41, 5.74) is 4.72. The van der Waals surface area contributed by atoms with Gasteiger partial charge in [-0.25, -0.2) is 14.9 Å². The van der Waals surface area contributed by atoms with Crippen molar-refractivity contribution in [2.24, 2.45) is 16.8 Å². The van der Waals surface area contributed by atoms with Crippen LogP contribution in [0.2, 0.25) is 0 Å². The molecule has 0 aromatic carbocycles. The number of hydrogen-bond acceptors (Lipinski definition) is 7. The van der Waals surface area contributed by atoms with Crippen molar-refractivity contribution < 1.29 is 28.9 Å². The number of nitrogens with two attached hydrogens (primary N) is 1. The predicted octanol–water partition coefficient (Wildman–Crippen LogP) is 2.90. The van der Waals surface area contributed by atoms with Gasteiger partial charge in [-0.15, -0.1) is 0 Å². The summed E-state index contributed by atoms with van der Waals surface area (Å²) in [4.78, 5) is 49.2. The van der Waals surface area contributed by atoms with Gasteiger partial charge in [0.1, 0.15) is 16.7 Å². The third kappa shape index (κ3) is 15.2. The second kappa shape index (κ2) is 17.4. The Morgan fingerprint density at radius 2 is 1.79 bits per heavy atom. The maximum Gasteiger partial charge on any atom is 0.408 e. The normalized spacial score (nSPS) is 15.5. The fourth-order valence-corrected chi connectivity index (χ4v) is 4.30. The van der Waals surface area contributed by atoms with Gasteiger partial charge < -0.3 is 30.7 Å². The average molecular weight is 543 g/mol. The van der Waals surface area contributed by atoms with Gasteiger partial charge in [0.2, 0.25) is 5.91 Å². The maximum atomic E-state index is 13.3. The van der Waals surface area contributed by atoms with E-state index in [4.69, 9.17) is 15.2 Å². The van der Waals surface area contributed by atoms with Gasteiger partial charge in [-0.05, 0) is 65.7 Å². The zero-order valence-corrected chi connectivity index (χ0v) is 23.3. The number of ether oxygens (including phenoxy) is 2. The number of likely N-dealkylation sites (tertiary alicyclic amines) is 1. The Kier molecular flexibility index (Phi) is 15.1. The molecule has 0 aliphatic carbocycles. The van der Waals surface area contributed by atoms with Crippen LogP contribution in [0.1, 0.15) is 91.9 Å². The Labute approximate surface area is 225 Å². The van der Waals surface area contributed by atoms with E-state index in [1.54, 1.807) is 25.7 Å². The summed E-state index contributed by atoms with van der Waals surface area (Å²) in [6, 6.07) is -0.781. The zero-order valence-electron chi connectivity index (χ0n) is 23.3. The lowest BCUT2D eigenvalue weighted by Gasteiger charge is -2.34. The number of hydrogen-bond donors (Lipinski definition) is 3. The predicted molar refractivity (Wildman–Crippen MR) is 143 cm³/mol. The van der Waals surface area contributed by atoms with E-state index >= 15 is 0 Å². The van der Waals surface area contributed by atoms with Crippen LogP contribution in [-0.2, 0) is 19.1 Å². The molecule has 0 unspecified atom stereocenters. The third-order valence-electron chi connectivity index (χ3n) is 6.13. The molecule has 38 heavy (non-hydrogen) atoms. The third-order valence-corrected chi connectivity index (χ3v) is 6.13. The van der Waals surface area contributed by atoms with Crippen molar-refractivity contribution in [3.8, 4) is 0 Å². The minimum atomic E-state index is -0.894. The standard InChI is InChI=1S/C25H46N6O7/c1-5-37-21(32)13-9-7-6-8-11-19-14-17-30(18-15-19)22(33)20(28-24(34)38-25(2,3)4)12-10-16-27-23(26)29-31(35)36/h19-20H,5-18H2,1-4H3,(H,28,34)(H3,26,27,29)/t20-/m0/s1. The Morgan fingerprint density at radius 3 is 2.39 bits per heavy atom. The molecule has 0 radical (unpaired) electrons. The van der Waals surface area contributed by atoms with Crippen molar-refractivity contribution in [2.75, 3.05) is 26.2 Å². The number of guanidine groups is 1. The molecule has 13 nitrogen and oxygen atoms in total. The summed E-state index contributed by atoms with van der Waals surface area (Å²) in [6.07, 6.45) is 7.47. The minimum absolute atomic E-state index is 0.131. The molecule has 1 heterocycles. The molecule has 0 bridgehead atoms. The number of carbonyl (C=O) groups excluding carboxylic acids is 3. The van der Waals surface area contributed by atoms with Crippen LogP contribution in [0, 0.1) is 16.0 Å². The number of piperidine rings is 1. The first-order valence-electron chi connectivity index (χ1n) is 13.6. The largest absolute Gasteiger partial charge is 0.466 e. The minimum Gasteiger partial charge on any atom is -0.466 e. The van der Waals surface area contributed by atoms with Crippen molar-refractivity contribution >= 4 is 23.9 Å². The molecular formula is C25H46N6O7. The van der Waals surface area contributed by atoms with E-state index in [1.807, 2.05) is 6.92 Å². The number of alkyl carbamates (subject to hydrolysis) is 1. The van der Waals surface area contributed by atoms with E-state index < -0.39 is 22.8 Å². The van der Waals surface area contributed by atoms with Crippen molar-refractivity contribution in [2.45, 2.75) is 104 Å². The molecule has 2 amide bonds. The van der Waals surface area contributed by atoms with Crippen molar-refractivity contribution in [3.05, 3.63) is 10.1 Å². The second-order valence-corrected chi connectivity index (χ2v) is 10.5. The molecule has 1 aliphatic heterocycles. The lowest BCUT2D eigenvalue weighted by Crippen LogP contribution is -2.51. The van der Waals surface area contributed by atoms with Crippen molar-refractivity contribution in [1.29, 1.82) is 0 Å². The van der Waals surface area contributed by atoms with Gasteiger partial charge in [-0.1, -0.05) is 25.7 Å². The quantitative estimate of drug-likeness (QED) is 0.0700. The molecule has 218 valence electrons. The van der Waals surface area contributed by atoms with Crippen LogP contribution in [0.25, 0.3) is 0 Å². The van der Waals surface area contributed by atoms with Gasteiger partial charge in [0, 0.05) is 26.1 Å². The first-order chi connectivity index (χ1) is 17.9. The molecule has 13 heteroatoms. The SMILES string of the molecule is CCOC(=O)CCCCCCC1CCN(C(=O)[C@H](CCCN/C(N)=N/[N+](=O)[O-])NC(=O)OC(C)(C)C)CC1. The molecule has 1 saturated heterocycles. The summed E-state index contributed by atoms with van der Waals surface area (Å²) < 4.78 is 10.3. The first kappa shape index (κ1) is 32.9. The first-order valence-corrected chi connectivity index (χ1v) is 13.6. The van der Waals surface area contributed by atoms with Gasteiger partial charge in [-0.3, -0.25) is 9.59 Å². The van der Waals surface area contributed by atoms with Gasteiger partial charge in [0.25, 0.3) is 5.96 Å². The average Bonchev–Trinajstić information content (AvgIpc) is 2.81. The van der Waals surface area contributed by atoms with Crippen LogP contribution in [0.5, 0.6) is 0 Å². The molecular weight excluding hydrogens is 496 g/mol. The van der Waals surface area contributed by atoms with Gasteiger partial charge in [0.05, 0.1) is 6.61 Å². The zero-order chi connectivity index (χ0) is 28.6. The van der Waals surface area contributed by atoms with Gasteiger partial charge in [0.15, 0.2) is 5.03 Å². The number of unbranched alkanes of at least 4 members (excludes halogenated alkanes) is 3. The smallest absolute Gasteiger partial charge is 0.408 e. The van der Waals surface area contributed by atoms with Crippen LogP contribution < -0.4 is 16.4 Å². The molecule has 0 aromatic heterocycles. The van der Waals surface area contributed by atoms with E-state index in [1.165, 1.54) is 0 Å². The molecule has 1 atom stereocenters. The Bertz CT molecular complexity index is 792. The molecule has 0 spiro atoms. The summed E-state index contributed by atoms with van der Waals surface area (Å²) in [6.45, 7) is 8.97. The molecule has 1 rings (SSSR count). The summed E-state index contributed by atoms with van der Waals surface area (Å²) in [7, 11) is 0. The number of nitrogens with one attached hydrogen (secondary N) is 2. The molecule has 0 aromatic rings. The van der Waals surface area contributed by atoms with Crippen molar-refractivity contribution in [1.82, 2.24) is 15.5 Å². The van der Waals surface area contributed by atoms with E-state index in [9.17, 15) is 24.5 Å². The van der Waals surface area contributed by atoms with Gasteiger partial charge >= 0.3 is 12.1 Å². The van der Waals surface area contributed by atoms with Crippen molar-refractivity contribution in [3.63, 3.8) is 0 Å². The number of esters is 1. The molecule has 4 N–H and O–H groups in total. The Morgan fingerprint density at radius 1 is 1.13 bits per heavy atom. The highest BCUT2D eigenvalue weighted by molar-refractivity contribution is 5.85.